The lowest BCUT2D eigenvalue weighted by atomic mass is 9.93. The van der Waals surface area contributed by atoms with Crippen LogP contribution >= 0.6 is 0 Å². The molecule has 2 atom stereocenters. The van der Waals surface area contributed by atoms with Crippen LogP contribution in [0.15, 0.2) is 0 Å². The molecule has 1 fully saturated rings. The van der Waals surface area contributed by atoms with Gasteiger partial charge in [0.25, 0.3) is 0 Å². The number of hydrogen-bond donors (Lipinski definition) is 2. The molecular formula is C14H30N2O. The number of hydrogen-bond acceptors (Lipinski definition) is 3. The molecule has 17 heavy (non-hydrogen) atoms. The Kier molecular flexibility index (Phi) is 5.90. The number of nitrogens with zero attached hydrogens (tertiary/aromatic N) is 1. The van der Waals surface area contributed by atoms with Gasteiger partial charge in [-0.05, 0) is 59.0 Å². The Morgan fingerprint density at radius 3 is 2.53 bits per heavy atom. The maximum atomic E-state index is 9.46. The molecule has 3 heteroatoms. The van der Waals surface area contributed by atoms with E-state index in [-0.39, 0.29) is 12.1 Å². The Morgan fingerprint density at radius 2 is 2.12 bits per heavy atom. The van der Waals surface area contributed by atoms with Crippen LogP contribution in [0, 0.1) is 5.92 Å². The van der Waals surface area contributed by atoms with Gasteiger partial charge in [0.1, 0.15) is 0 Å². The highest BCUT2D eigenvalue weighted by Gasteiger charge is 2.30. The first-order valence-corrected chi connectivity index (χ1v) is 7.08. The van der Waals surface area contributed by atoms with Crippen molar-refractivity contribution in [2.24, 2.45) is 5.92 Å². The zero-order valence-corrected chi connectivity index (χ0v) is 12.0. The predicted molar refractivity (Wildman–Crippen MR) is 73.2 cm³/mol. The quantitative estimate of drug-likeness (QED) is 0.648. The summed E-state index contributed by atoms with van der Waals surface area (Å²) in [6, 6.07) is 0.542. The van der Waals surface area contributed by atoms with E-state index < -0.39 is 0 Å². The SMILES string of the molecule is CCCN(CC1CC1)C(C)CC(C)(CO)NC. The summed E-state index contributed by atoms with van der Waals surface area (Å²) in [6.07, 6.45) is 5.05. The summed E-state index contributed by atoms with van der Waals surface area (Å²) in [4.78, 5) is 2.60. The van der Waals surface area contributed by atoms with Gasteiger partial charge in [-0.3, -0.25) is 0 Å². The van der Waals surface area contributed by atoms with Crippen molar-refractivity contribution in [2.75, 3.05) is 26.7 Å². The molecule has 3 nitrogen and oxygen atoms in total. The highest BCUT2D eigenvalue weighted by molar-refractivity contribution is 4.87. The average molecular weight is 242 g/mol. The number of likely N-dealkylation sites (N-methyl/N-ethyl adjacent to an activating group) is 1. The van der Waals surface area contributed by atoms with Gasteiger partial charge in [0.15, 0.2) is 0 Å². The van der Waals surface area contributed by atoms with Crippen molar-refractivity contribution in [3.8, 4) is 0 Å². The summed E-state index contributed by atoms with van der Waals surface area (Å²) in [6.45, 7) is 9.28. The molecule has 0 amide bonds. The fourth-order valence-corrected chi connectivity index (χ4v) is 2.44. The van der Waals surface area contributed by atoms with Crippen molar-refractivity contribution in [3.05, 3.63) is 0 Å². The molecule has 0 spiro atoms. The Morgan fingerprint density at radius 1 is 1.47 bits per heavy atom. The van der Waals surface area contributed by atoms with Gasteiger partial charge in [0.2, 0.25) is 0 Å². The third kappa shape index (κ3) is 4.94. The second-order valence-corrected chi connectivity index (χ2v) is 5.96. The Labute approximate surface area is 107 Å². The molecule has 2 unspecified atom stereocenters. The first kappa shape index (κ1) is 14.9. The summed E-state index contributed by atoms with van der Waals surface area (Å²) in [5, 5.41) is 12.7. The summed E-state index contributed by atoms with van der Waals surface area (Å²) in [5.74, 6) is 0.943. The first-order chi connectivity index (χ1) is 8.04. The monoisotopic (exact) mass is 242 g/mol. The molecule has 1 rings (SSSR count). The van der Waals surface area contributed by atoms with E-state index in [4.69, 9.17) is 0 Å². The van der Waals surface area contributed by atoms with Gasteiger partial charge in [0.05, 0.1) is 6.61 Å². The second kappa shape index (κ2) is 6.72. The highest BCUT2D eigenvalue weighted by Crippen LogP contribution is 2.31. The van der Waals surface area contributed by atoms with Crippen LogP contribution in [0.3, 0.4) is 0 Å². The van der Waals surface area contributed by atoms with Gasteiger partial charge in [0, 0.05) is 18.1 Å². The lowest BCUT2D eigenvalue weighted by Crippen LogP contribution is -2.49. The van der Waals surface area contributed by atoms with Crippen LogP contribution in [-0.2, 0) is 0 Å². The first-order valence-electron chi connectivity index (χ1n) is 7.08. The maximum absolute atomic E-state index is 9.46. The summed E-state index contributed by atoms with van der Waals surface area (Å²) < 4.78 is 0. The Hall–Kier alpha value is -0.120. The smallest absolute Gasteiger partial charge is 0.0611 e. The van der Waals surface area contributed by atoms with Gasteiger partial charge in [-0.15, -0.1) is 0 Å². The molecule has 0 aliphatic heterocycles. The van der Waals surface area contributed by atoms with E-state index in [1.165, 1.54) is 32.4 Å². The fraction of sp³-hybridized carbons (Fsp3) is 1.00. The normalized spacial score (nSPS) is 21.5. The third-order valence-corrected chi connectivity index (χ3v) is 4.02. The molecule has 1 saturated carbocycles. The molecule has 0 radical (unpaired) electrons. The van der Waals surface area contributed by atoms with Crippen molar-refractivity contribution in [1.29, 1.82) is 0 Å². The van der Waals surface area contributed by atoms with E-state index in [2.05, 4.69) is 31.0 Å². The minimum absolute atomic E-state index is 0.144. The number of rotatable bonds is 9. The molecular weight excluding hydrogens is 212 g/mol. The van der Waals surface area contributed by atoms with Crippen LogP contribution in [0.1, 0.15) is 46.5 Å². The van der Waals surface area contributed by atoms with Gasteiger partial charge in [-0.1, -0.05) is 6.92 Å². The van der Waals surface area contributed by atoms with Crippen LogP contribution in [0.4, 0.5) is 0 Å². The number of nitrogens with one attached hydrogen (secondary N) is 1. The minimum Gasteiger partial charge on any atom is -0.394 e. The molecule has 0 bridgehead atoms. The zero-order valence-electron chi connectivity index (χ0n) is 12.0. The molecule has 2 N–H and O–H groups in total. The summed E-state index contributed by atoms with van der Waals surface area (Å²) >= 11 is 0. The molecule has 1 aliphatic rings. The van der Waals surface area contributed by atoms with Crippen molar-refractivity contribution in [2.45, 2.75) is 58.0 Å². The molecule has 0 aromatic rings. The highest BCUT2D eigenvalue weighted by atomic mass is 16.3. The molecule has 0 saturated heterocycles. The fourth-order valence-electron chi connectivity index (χ4n) is 2.44. The van der Waals surface area contributed by atoms with E-state index >= 15 is 0 Å². The summed E-state index contributed by atoms with van der Waals surface area (Å²) in [7, 11) is 1.94. The zero-order chi connectivity index (χ0) is 12.9. The standard InChI is InChI=1S/C14H30N2O/c1-5-8-16(10-13-6-7-13)12(2)9-14(3,11-17)15-4/h12-13,15,17H,5-11H2,1-4H3. The van der Waals surface area contributed by atoms with Crippen LogP contribution in [0.2, 0.25) is 0 Å². The average Bonchev–Trinajstić information content (AvgIpc) is 3.12. The van der Waals surface area contributed by atoms with Gasteiger partial charge < -0.3 is 15.3 Å². The Bertz CT molecular complexity index is 212. The third-order valence-electron chi connectivity index (χ3n) is 4.02. The maximum Gasteiger partial charge on any atom is 0.0611 e. The topological polar surface area (TPSA) is 35.5 Å². The predicted octanol–water partition coefficient (Wildman–Crippen LogP) is 1.86. The molecule has 0 heterocycles. The number of aliphatic hydroxyl groups is 1. The summed E-state index contributed by atoms with van der Waals surface area (Å²) in [5.41, 5.74) is -0.144. The lowest BCUT2D eigenvalue weighted by Gasteiger charge is -2.36. The number of aliphatic hydroxyl groups excluding tert-OH is 1. The molecule has 0 aromatic carbocycles. The molecule has 0 aromatic heterocycles. The van der Waals surface area contributed by atoms with Gasteiger partial charge in [-0.25, -0.2) is 0 Å². The van der Waals surface area contributed by atoms with Gasteiger partial charge >= 0.3 is 0 Å². The van der Waals surface area contributed by atoms with E-state index in [1.807, 2.05) is 7.05 Å². The van der Waals surface area contributed by atoms with Crippen LogP contribution in [0.5, 0.6) is 0 Å². The van der Waals surface area contributed by atoms with E-state index in [1.54, 1.807) is 0 Å². The minimum atomic E-state index is -0.144. The molecule has 1 aliphatic carbocycles. The molecule has 102 valence electrons. The van der Waals surface area contributed by atoms with Crippen molar-refractivity contribution < 1.29 is 5.11 Å². The van der Waals surface area contributed by atoms with E-state index in [0.717, 1.165) is 12.3 Å². The van der Waals surface area contributed by atoms with Crippen LogP contribution in [-0.4, -0.2) is 48.3 Å². The van der Waals surface area contributed by atoms with E-state index in [0.29, 0.717) is 6.04 Å². The van der Waals surface area contributed by atoms with Crippen LogP contribution < -0.4 is 5.32 Å². The van der Waals surface area contributed by atoms with Crippen LogP contribution in [0.25, 0.3) is 0 Å². The van der Waals surface area contributed by atoms with Gasteiger partial charge in [-0.2, -0.15) is 0 Å². The van der Waals surface area contributed by atoms with Crippen molar-refractivity contribution in [3.63, 3.8) is 0 Å². The van der Waals surface area contributed by atoms with E-state index in [9.17, 15) is 5.11 Å². The van der Waals surface area contributed by atoms with Crippen molar-refractivity contribution >= 4 is 0 Å². The second-order valence-electron chi connectivity index (χ2n) is 5.96. The largest absolute Gasteiger partial charge is 0.394 e. The lowest BCUT2D eigenvalue weighted by molar-refractivity contribution is 0.116. The Balaban J connectivity index is 2.47. The van der Waals surface area contributed by atoms with Crippen molar-refractivity contribution in [1.82, 2.24) is 10.2 Å².